The van der Waals surface area contributed by atoms with E-state index in [0.717, 1.165) is 12.8 Å². The van der Waals surface area contributed by atoms with E-state index >= 15 is 0 Å². The third-order valence-electron chi connectivity index (χ3n) is 5.50. The Morgan fingerprint density at radius 2 is 1.69 bits per heavy atom. The fourth-order valence-corrected chi connectivity index (χ4v) is 5.56. The van der Waals surface area contributed by atoms with Gasteiger partial charge in [0.1, 0.15) is 0 Å². The fraction of sp³-hybridized carbons (Fsp3) is 0.0833. The van der Waals surface area contributed by atoms with E-state index in [9.17, 15) is 0 Å². The molecule has 2 aromatic heterocycles. The molecule has 0 fully saturated rings. The zero-order valence-electron chi connectivity index (χ0n) is 14.3. The largest absolute Gasteiger partial charge is 0.355 e. The summed E-state index contributed by atoms with van der Waals surface area (Å²) in [6.45, 7) is 0. The number of aryl methyl sites for hydroxylation is 1. The fourth-order valence-electron chi connectivity index (χ4n) is 4.24. The lowest BCUT2D eigenvalue weighted by Crippen LogP contribution is -1.88. The van der Waals surface area contributed by atoms with Crippen LogP contribution in [0.4, 0.5) is 0 Å². The molecule has 1 nitrogen and oxygen atoms in total. The van der Waals surface area contributed by atoms with Gasteiger partial charge in [-0.1, -0.05) is 48.5 Å². The highest BCUT2D eigenvalue weighted by atomic mass is 32.1. The molecule has 0 saturated heterocycles. The molecule has 2 heteroatoms. The number of hydrogen-bond donors (Lipinski definition) is 1. The molecule has 0 saturated carbocycles. The topological polar surface area (TPSA) is 15.8 Å². The van der Waals surface area contributed by atoms with E-state index in [2.05, 4.69) is 77.8 Å². The van der Waals surface area contributed by atoms with E-state index in [1.807, 2.05) is 11.3 Å². The van der Waals surface area contributed by atoms with E-state index in [4.69, 9.17) is 0 Å². The molecule has 5 aromatic rings. The van der Waals surface area contributed by atoms with Crippen LogP contribution in [0.15, 0.2) is 66.7 Å². The van der Waals surface area contributed by atoms with E-state index < -0.39 is 0 Å². The second kappa shape index (κ2) is 5.33. The van der Waals surface area contributed by atoms with E-state index in [0.29, 0.717) is 0 Å². The van der Waals surface area contributed by atoms with Crippen LogP contribution in [-0.2, 0) is 6.42 Å². The van der Waals surface area contributed by atoms with Crippen LogP contribution in [0.3, 0.4) is 0 Å². The van der Waals surface area contributed by atoms with Crippen molar-refractivity contribution in [3.63, 3.8) is 0 Å². The summed E-state index contributed by atoms with van der Waals surface area (Å²) >= 11 is 1.94. The van der Waals surface area contributed by atoms with Crippen LogP contribution in [0.1, 0.15) is 16.9 Å². The smallest absolute Gasteiger partial charge is 0.0465 e. The quantitative estimate of drug-likeness (QED) is 0.330. The highest BCUT2D eigenvalue weighted by Crippen LogP contribution is 2.41. The molecule has 1 aliphatic carbocycles. The van der Waals surface area contributed by atoms with Gasteiger partial charge in [-0.05, 0) is 59.2 Å². The Kier molecular flexibility index (Phi) is 2.94. The molecule has 0 aliphatic heterocycles. The summed E-state index contributed by atoms with van der Waals surface area (Å²) in [5.41, 5.74) is 6.59. The lowest BCUT2D eigenvalue weighted by Gasteiger charge is -2.06. The lowest BCUT2D eigenvalue weighted by atomic mass is 9.97. The van der Waals surface area contributed by atoms with Gasteiger partial charge in [-0.3, -0.25) is 0 Å². The maximum Gasteiger partial charge on any atom is 0.0465 e. The molecule has 1 N–H and O–H groups in total. The molecular formula is C24H17NS. The van der Waals surface area contributed by atoms with Crippen LogP contribution >= 0.6 is 11.3 Å². The minimum atomic E-state index is 1.16. The molecule has 0 amide bonds. The second-order valence-corrected chi connectivity index (χ2v) is 8.05. The van der Waals surface area contributed by atoms with Crippen molar-refractivity contribution in [2.75, 3.05) is 0 Å². The number of allylic oxidation sites excluding steroid dienone is 1. The van der Waals surface area contributed by atoms with Gasteiger partial charge in [0.2, 0.25) is 0 Å². The summed E-state index contributed by atoms with van der Waals surface area (Å²) in [5, 5.41) is 4.03. The van der Waals surface area contributed by atoms with E-state index in [1.54, 1.807) is 0 Å². The highest BCUT2D eigenvalue weighted by molar-refractivity contribution is 7.20. The van der Waals surface area contributed by atoms with Gasteiger partial charge in [0.05, 0.1) is 0 Å². The normalized spacial score (nSPS) is 13.7. The molecule has 0 atom stereocenters. The maximum atomic E-state index is 3.53. The zero-order valence-corrected chi connectivity index (χ0v) is 15.1. The van der Waals surface area contributed by atoms with Crippen LogP contribution in [0.5, 0.6) is 0 Å². The van der Waals surface area contributed by atoms with Crippen LogP contribution in [-0.4, -0.2) is 4.98 Å². The standard InChI is InChI=1S/C24H17NS/c1-3-10-21-17(6-1)20-14-15(12-13-22(20)25-21)16-8-5-9-19-18-7-2-4-11-23(18)26-24(16)19/h1,3-6,8-14,25H,2,7H2. The molecule has 0 unspecified atom stereocenters. The predicted molar refractivity (Wildman–Crippen MR) is 114 cm³/mol. The van der Waals surface area contributed by atoms with Gasteiger partial charge >= 0.3 is 0 Å². The monoisotopic (exact) mass is 351 g/mol. The van der Waals surface area contributed by atoms with Crippen molar-refractivity contribution in [1.82, 2.24) is 4.98 Å². The number of aromatic nitrogens is 1. The third kappa shape index (κ3) is 1.96. The van der Waals surface area contributed by atoms with Crippen LogP contribution in [0, 0.1) is 0 Å². The number of H-pyrrole nitrogens is 1. The first-order valence-corrected chi connectivity index (χ1v) is 9.92. The minimum absolute atomic E-state index is 1.16. The summed E-state index contributed by atoms with van der Waals surface area (Å²) in [6.07, 6.45) is 6.92. The number of rotatable bonds is 1. The van der Waals surface area contributed by atoms with Crippen molar-refractivity contribution < 1.29 is 0 Å². The first-order valence-electron chi connectivity index (χ1n) is 9.10. The Bertz CT molecular complexity index is 1330. The van der Waals surface area contributed by atoms with Crippen molar-refractivity contribution >= 4 is 49.3 Å². The number of thiophene rings is 1. The average molecular weight is 351 g/mol. The molecule has 6 rings (SSSR count). The third-order valence-corrected chi connectivity index (χ3v) is 6.74. The maximum absolute atomic E-state index is 3.53. The molecule has 1 aliphatic rings. The summed E-state index contributed by atoms with van der Waals surface area (Å²) in [5.74, 6) is 0. The summed E-state index contributed by atoms with van der Waals surface area (Å²) in [6, 6.07) is 22.1. The van der Waals surface area contributed by atoms with E-state index in [1.165, 1.54) is 53.5 Å². The van der Waals surface area contributed by atoms with Gasteiger partial charge in [-0.25, -0.2) is 0 Å². The molecule has 26 heavy (non-hydrogen) atoms. The van der Waals surface area contributed by atoms with Crippen molar-refractivity contribution in [2.45, 2.75) is 12.8 Å². The summed E-state index contributed by atoms with van der Waals surface area (Å²) < 4.78 is 1.42. The number of nitrogens with one attached hydrogen (secondary N) is 1. The molecular weight excluding hydrogens is 334 g/mol. The number of hydrogen-bond acceptors (Lipinski definition) is 1. The van der Waals surface area contributed by atoms with Gasteiger partial charge < -0.3 is 4.98 Å². The van der Waals surface area contributed by atoms with Gasteiger partial charge in [-0.15, -0.1) is 11.3 Å². The molecule has 0 spiro atoms. The molecule has 0 bridgehead atoms. The predicted octanol–water partition coefficient (Wildman–Crippen LogP) is 7.16. The number of benzene rings is 3. The van der Waals surface area contributed by atoms with Crippen LogP contribution in [0.2, 0.25) is 0 Å². The van der Waals surface area contributed by atoms with Crippen molar-refractivity contribution in [3.8, 4) is 11.1 Å². The number of fused-ring (bicyclic) bond motifs is 6. The van der Waals surface area contributed by atoms with Crippen LogP contribution in [0.25, 0.3) is 49.1 Å². The Labute approximate surface area is 155 Å². The summed E-state index contributed by atoms with van der Waals surface area (Å²) in [4.78, 5) is 4.96. The van der Waals surface area contributed by atoms with Crippen molar-refractivity contribution in [2.24, 2.45) is 0 Å². The zero-order chi connectivity index (χ0) is 17.1. The highest BCUT2D eigenvalue weighted by Gasteiger charge is 2.16. The van der Waals surface area contributed by atoms with E-state index in [-0.39, 0.29) is 0 Å². The number of aromatic amines is 1. The lowest BCUT2D eigenvalue weighted by molar-refractivity contribution is 1.01. The minimum Gasteiger partial charge on any atom is -0.355 e. The van der Waals surface area contributed by atoms with Crippen LogP contribution < -0.4 is 0 Å². The number of para-hydroxylation sites is 1. The Balaban J connectivity index is 1.64. The van der Waals surface area contributed by atoms with Crippen molar-refractivity contribution in [3.05, 3.63) is 77.2 Å². The van der Waals surface area contributed by atoms with Gasteiger partial charge in [-0.2, -0.15) is 0 Å². The van der Waals surface area contributed by atoms with Crippen molar-refractivity contribution in [1.29, 1.82) is 0 Å². The second-order valence-electron chi connectivity index (χ2n) is 7.00. The molecule has 3 aromatic carbocycles. The average Bonchev–Trinajstić information content (AvgIpc) is 3.25. The van der Waals surface area contributed by atoms with Gasteiger partial charge in [0.15, 0.2) is 0 Å². The first kappa shape index (κ1) is 14.3. The van der Waals surface area contributed by atoms with Gasteiger partial charge in [0, 0.05) is 31.4 Å². The Hall–Kier alpha value is -2.84. The molecule has 0 radical (unpaired) electrons. The Morgan fingerprint density at radius 1 is 0.808 bits per heavy atom. The first-order chi connectivity index (χ1) is 12.9. The summed E-state index contributed by atoms with van der Waals surface area (Å²) in [7, 11) is 0. The Morgan fingerprint density at radius 3 is 2.69 bits per heavy atom. The SMILES string of the molecule is C1=Cc2sc3c(-c4ccc5[nH]c6ccccc6c5c4)cccc3c2CC1. The molecule has 2 heterocycles. The molecule has 124 valence electrons. The van der Waals surface area contributed by atoms with Gasteiger partial charge in [0.25, 0.3) is 0 Å².